The Bertz CT molecular complexity index is 688. The molecule has 5 nitrogen and oxygen atoms in total. The molecule has 0 aliphatic rings. The van der Waals surface area contributed by atoms with E-state index in [0.717, 1.165) is 17.6 Å². The van der Waals surface area contributed by atoms with Crippen molar-refractivity contribution in [2.45, 2.75) is 26.1 Å². The van der Waals surface area contributed by atoms with Gasteiger partial charge in [0.05, 0.1) is 17.3 Å². The number of aromatic nitrogens is 2. The van der Waals surface area contributed by atoms with Crippen LogP contribution < -0.4 is 10.1 Å². The monoisotopic (exact) mass is 345 g/mol. The highest BCUT2D eigenvalue weighted by Crippen LogP contribution is 2.35. The SMILES string of the molecule is Cc1nnsc1C(=O)N[C@@H](C)COc1ccccc1C(F)(F)F. The fourth-order valence-electron chi connectivity index (χ4n) is 1.81. The van der Waals surface area contributed by atoms with Gasteiger partial charge in [0, 0.05) is 0 Å². The number of hydrogen-bond acceptors (Lipinski definition) is 5. The quantitative estimate of drug-likeness (QED) is 0.905. The third-order valence-corrected chi connectivity index (χ3v) is 3.74. The Morgan fingerprint density at radius 1 is 1.39 bits per heavy atom. The van der Waals surface area contributed by atoms with Crippen LogP contribution in [0.15, 0.2) is 24.3 Å². The van der Waals surface area contributed by atoms with E-state index in [4.69, 9.17) is 4.74 Å². The molecule has 2 rings (SSSR count). The van der Waals surface area contributed by atoms with Gasteiger partial charge in [-0.2, -0.15) is 13.2 Å². The minimum atomic E-state index is -4.49. The van der Waals surface area contributed by atoms with E-state index in [0.29, 0.717) is 10.6 Å². The predicted molar refractivity (Wildman–Crippen MR) is 78.5 cm³/mol. The van der Waals surface area contributed by atoms with E-state index in [1.54, 1.807) is 13.8 Å². The van der Waals surface area contributed by atoms with Gasteiger partial charge in [0.1, 0.15) is 17.2 Å². The number of halogens is 3. The van der Waals surface area contributed by atoms with Crippen LogP contribution in [0.4, 0.5) is 13.2 Å². The van der Waals surface area contributed by atoms with E-state index < -0.39 is 17.8 Å². The zero-order valence-corrected chi connectivity index (χ0v) is 13.2. The molecule has 0 saturated heterocycles. The summed E-state index contributed by atoms with van der Waals surface area (Å²) in [5.41, 5.74) is -0.343. The molecule has 0 unspecified atom stereocenters. The van der Waals surface area contributed by atoms with Gasteiger partial charge >= 0.3 is 6.18 Å². The first-order chi connectivity index (χ1) is 10.8. The molecule has 9 heteroatoms. The second kappa shape index (κ2) is 6.95. The largest absolute Gasteiger partial charge is 0.491 e. The number of ether oxygens (including phenoxy) is 1. The summed E-state index contributed by atoms with van der Waals surface area (Å²) in [4.78, 5) is 12.3. The second-order valence-electron chi connectivity index (χ2n) is 4.87. The fraction of sp³-hybridized carbons (Fsp3) is 0.357. The molecule has 23 heavy (non-hydrogen) atoms. The number of amides is 1. The summed E-state index contributed by atoms with van der Waals surface area (Å²) in [5.74, 6) is -0.644. The normalized spacial score (nSPS) is 12.7. The van der Waals surface area contributed by atoms with E-state index in [1.807, 2.05) is 0 Å². The standard InChI is InChI=1S/C14H14F3N3O2S/c1-8(18-13(21)12-9(2)19-20-23-12)7-22-11-6-4-3-5-10(11)14(15,16)17/h3-6,8H,7H2,1-2H3,(H,18,21)/t8-/m0/s1. The van der Waals surface area contributed by atoms with Crippen molar-refractivity contribution in [2.24, 2.45) is 0 Å². The number of carbonyl (C=O) groups is 1. The fourth-order valence-corrected chi connectivity index (χ4v) is 2.37. The highest BCUT2D eigenvalue weighted by Gasteiger charge is 2.34. The third kappa shape index (κ3) is 4.41. The van der Waals surface area contributed by atoms with E-state index in [-0.39, 0.29) is 18.3 Å². The number of rotatable bonds is 5. The molecule has 0 fully saturated rings. The molecular weight excluding hydrogens is 331 g/mol. The van der Waals surface area contributed by atoms with Crippen molar-refractivity contribution in [3.05, 3.63) is 40.4 Å². The number of benzene rings is 1. The third-order valence-electron chi connectivity index (χ3n) is 2.92. The highest BCUT2D eigenvalue weighted by atomic mass is 32.1. The topological polar surface area (TPSA) is 64.1 Å². The van der Waals surface area contributed by atoms with Crippen molar-refractivity contribution >= 4 is 17.4 Å². The number of para-hydroxylation sites is 1. The van der Waals surface area contributed by atoms with Crippen LogP contribution in [-0.2, 0) is 6.18 Å². The summed E-state index contributed by atoms with van der Waals surface area (Å²) in [6.45, 7) is 3.20. The maximum atomic E-state index is 12.9. The maximum Gasteiger partial charge on any atom is 0.419 e. The molecule has 1 aromatic carbocycles. The Morgan fingerprint density at radius 2 is 2.09 bits per heavy atom. The molecule has 0 aliphatic carbocycles. The predicted octanol–water partition coefficient (Wildman–Crippen LogP) is 3.06. The zero-order chi connectivity index (χ0) is 17.0. The summed E-state index contributed by atoms with van der Waals surface area (Å²) < 4.78 is 47.4. The van der Waals surface area contributed by atoms with Gasteiger partial charge in [0.15, 0.2) is 0 Å². The summed E-state index contributed by atoms with van der Waals surface area (Å²) in [5, 5.41) is 6.37. The summed E-state index contributed by atoms with van der Waals surface area (Å²) in [6, 6.07) is 4.46. The van der Waals surface area contributed by atoms with Crippen LogP contribution in [0.3, 0.4) is 0 Å². The Labute approximate surface area is 134 Å². The van der Waals surface area contributed by atoms with Gasteiger partial charge < -0.3 is 10.1 Å². The number of aryl methyl sites for hydroxylation is 1. The Hall–Kier alpha value is -2.16. The van der Waals surface area contributed by atoms with Gasteiger partial charge in [-0.1, -0.05) is 16.6 Å². The summed E-state index contributed by atoms with van der Waals surface area (Å²) in [6.07, 6.45) is -4.49. The van der Waals surface area contributed by atoms with Crippen LogP contribution in [0, 0.1) is 6.92 Å². The first kappa shape index (κ1) is 17.2. The van der Waals surface area contributed by atoms with Crippen LogP contribution in [0.2, 0.25) is 0 Å². The van der Waals surface area contributed by atoms with E-state index in [1.165, 1.54) is 18.2 Å². The first-order valence-electron chi connectivity index (χ1n) is 6.68. The highest BCUT2D eigenvalue weighted by molar-refractivity contribution is 7.08. The van der Waals surface area contributed by atoms with Crippen molar-refractivity contribution in [3.8, 4) is 5.75 Å². The number of hydrogen-bond donors (Lipinski definition) is 1. The van der Waals surface area contributed by atoms with Crippen molar-refractivity contribution in [2.75, 3.05) is 6.61 Å². The molecule has 1 amide bonds. The molecule has 1 aromatic heterocycles. The minimum Gasteiger partial charge on any atom is -0.491 e. The lowest BCUT2D eigenvalue weighted by atomic mass is 10.2. The van der Waals surface area contributed by atoms with Crippen molar-refractivity contribution < 1.29 is 22.7 Å². The molecule has 0 bridgehead atoms. The molecule has 0 saturated carbocycles. The Morgan fingerprint density at radius 3 is 2.70 bits per heavy atom. The zero-order valence-electron chi connectivity index (χ0n) is 12.3. The second-order valence-corrected chi connectivity index (χ2v) is 5.62. The van der Waals surface area contributed by atoms with Gasteiger partial charge in [0.2, 0.25) is 0 Å². The van der Waals surface area contributed by atoms with E-state index in [9.17, 15) is 18.0 Å². The van der Waals surface area contributed by atoms with Gasteiger partial charge in [-0.3, -0.25) is 4.79 Å². The number of carbonyl (C=O) groups excluding carboxylic acids is 1. The van der Waals surface area contributed by atoms with Crippen molar-refractivity contribution in [1.82, 2.24) is 14.9 Å². The van der Waals surface area contributed by atoms with Crippen LogP contribution in [0.5, 0.6) is 5.75 Å². The molecular formula is C14H14F3N3O2S. The summed E-state index contributed by atoms with van der Waals surface area (Å²) >= 11 is 0.957. The lowest BCUT2D eigenvalue weighted by molar-refractivity contribution is -0.139. The lowest BCUT2D eigenvalue weighted by Crippen LogP contribution is -2.36. The van der Waals surface area contributed by atoms with Crippen molar-refractivity contribution in [3.63, 3.8) is 0 Å². The molecule has 1 N–H and O–H groups in total. The van der Waals surface area contributed by atoms with Gasteiger partial charge in [0.25, 0.3) is 5.91 Å². The van der Waals surface area contributed by atoms with Crippen LogP contribution in [0.25, 0.3) is 0 Å². The average molecular weight is 345 g/mol. The number of nitrogens with zero attached hydrogens (tertiary/aromatic N) is 2. The van der Waals surface area contributed by atoms with Gasteiger partial charge in [-0.25, -0.2) is 0 Å². The van der Waals surface area contributed by atoms with E-state index >= 15 is 0 Å². The van der Waals surface area contributed by atoms with Crippen molar-refractivity contribution in [1.29, 1.82) is 0 Å². The number of nitrogens with one attached hydrogen (secondary N) is 1. The molecule has 1 heterocycles. The molecule has 2 aromatic rings. The lowest BCUT2D eigenvalue weighted by Gasteiger charge is -2.17. The first-order valence-corrected chi connectivity index (χ1v) is 7.45. The Kier molecular flexibility index (Phi) is 5.19. The molecule has 0 spiro atoms. The van der Waals surface area contributed by atoms with Crippen LogP contribution >= 0.6 is 11.5 Å². The summed E-state index contributed by atoms with van der Waals surface area (Å²) in [7, 11) is 0. The number of alkyl halides is 3. The van der Waals surface area contributed by atoms with Gasteiger partial charge in [-0.05, 0) is 37.5 Å². The Balaban J connectivity index is 1.96. The minimum absolute atomic E-state index is 0.0931. The molecule has 0 radical (unpaired) electrons. The maximum absolute atomic E-state index is 12.9. The van der Waals surface area contributed by atoms with E-state index in [2.05, 4.69) is 14.9 Å². The van der Waals surface area contributed by atoms with Crippen LogP contribution in [0.1, 0.15) is 27.9 Å². The molecule has 0 aliphatic heterocycles. The average Bonchev–Trinajstić information content (AvgIpc) is 2.90. The molecule has 1 atom stereocenters. The smallest absolute Gasteiger partial charge is 0.419 e. The molecule has 124 valence electrons. The van der Waals surface area contributed by atoms with Crippen LogP contribution in [-0.4, -0.2) is 28.1 Å². The van der Waals surface area contributed by atoms with Gasteiger partial charge in [-0.15, -0.1) is 5.10 Å².